The molecule has 3 heteroatoms. The van der Waals surface area contributed by atoms with Crippen LogP contribution in [-0.2, 0) is 9.53 Å². The molecule has 2 bridgehead atoms. The molecule has 16 heavy (non-hydrogen) atoms. The third-order valence-corrected chi connectivity index (χ3v) is 3.53. The first kappa shape index (κ1) is 11.9. The second kappa shape index (κ2) is 4.36. The zero-order valence-electron chi connectivity index (χ0n) is 10.7. The molecule has 0 N–H and O–H groups in total. The molecule has 2 heterocycles. The zero-order chi connectivity index (χ0) is 11.8. The van der Waals surface area contributed by atoms with Crippen LogP contribution in [-0.4, -0.2) is 35.6 Å². The highest BCUT2D eigenvalue weighted by atomic mass is 16.6. The minimum atomic E-state index is -0.357. The lowest BCUT2D eigenvalue weighted by Gasteiger charge is -2.44. The predicted octanol–water partition coefficient (Wildman–Crippen LogP) is 2.20. The number of rotatable bonds is 1. The van der Waals surface area contributed by atoms with Gasteiger partial charge in [-0.25, -0.2) is 0 Å². The molecule has 2 aliphatic heterocycles. The van der Waals surface area contributed by atoms with Crippen LogP contribution in [0, 0.1) is 5.92 Å². The van der Waals surface area contributed by atoms with Gasteiger partial charge in [0.1, 0.15) is 11.6 Å². The Morgan fingerprint density at radius 2 is 1.75 bits per heavy atom. The Bertz CT molecular complexity index is 248. The summed E-state index contributed by atoms with van der Waals surface area (Å²) in [6, 6.07) is 0.0433. The Morgan fingerprint density at radius 1 is 1.19 bits per heavy atom. The maximum absolute atomic E-state index is 12.2. The minimum Gasteiger partial charge on any atom is -0.459 e. The summed E-state index contributed by atoms with van der Waals surface area (Å²) >= 11 is 0. The summed E-state index contributed by atoms with van der Waals surface area (Å²) in [5.41, 5.74) is -0.357. The average molecular weight is 225 g/mol. The van der Waals surface area contributed by atoms with Crippen LogP contribution in [0.4, 0.5) is 0 Å². The van der Waals surface area contributed by atoms with Crippen LogP contribution < -0.4 is 0 Å². The highest BCUT2D eigenvalue weighted by Gasteiger charge is 2.41. The smallest absolute Gasteiger partial charge is 0.324 e. The summed E-state index contributed by atoms with van der Waals surface area (Å²) in [5.74, 6) is 0.536. The number of hydrogen-bond acceptors (Lipinski definition) is 3. The third-order valence-electron chi connectivity index (χ3n) is 3.53. The van der Waals surface area contributed by atoms with E-state index in [0.29, 0.717) is 5.92 Å². The molecule has 2 fully saturated rings. The molecule has 0 amide bonds. The Hall–Kier alpha value is -0.570. The van der Waals surface area contributed by atoms with Crippen molar-refractivity contribution in [3.8, 4) is 0 Å². The van der Waals surface area contributed by atoms with E-state index in [2.05, 4.69) is 4.90 Å². The van der Waals surface area contributed by atoms with E-state index in [1.54, 1.807) is 0 Å². The maximum atomic E-state index is 12.2. The van der Waals surface area contributed by atoms with Crippen molar-refractivity contribution in [1.29, 1.82) is 0 Å². The van der Waals surface area contributed by atoms with Gasteiger partial charge in [0.15, 0.2) is 0 Å². The summed E-state index contributed by atoms with van der Waals surface area (Å²) < 4.78 is 5.53. The van der Waals surface area contributed by atoms with Gasteiger partial charge in [0.2, 0.25) is 0 Å². The van der Waals surface area contributed by atoms with Gasteiger partial charge >= 0.3 is 5.97 Å². The van der Waals surface area contributed by atoms with Gasteiger partial charge < -0.3 is 4.74 Å². The van der Waals surface area contributed by atoms with E-state index in [9.17, 15) is 4.79 Å². The van der Waals surface area contributed by atoms with Crippen molar-refractivity contribution in [3.05, 3.63) is 0 Å². The largest absolute Gasteiger partial charge is 0.459 e. The molecule has 0 aromatic rings. The summed E-state index contributed by atoms with van der Waals surface area (Å²) in [6.07, 6.45) is 4.87. The van der Waals surface area contributed by atoms with E-state index in [1.165, 1.54) is 25.7 Å². The average Bonchev–Trinajstić information content (AvgIpc) is 2.13. The first-order valence-corrected chi connectivity index (χ1v) is 6.44. The van der Waals surface area contributed by atoms with Crippen LogP contribution in [0.5, 0.6) is 0 Å². The fourth-order valence-corrected chi connectivity index (χ4v) is 2.96. The van der Waals surface area contributed by atoms with Crippen LogP contribution in [0.3, 0.4) is 0 Å². The van der Waals surface area contributed by atoms with Crippen LogP contribution in [0.1, 0.15) is 46.5 Å². The molecule has 2 saturated heterocycles. The number of piperidine rings is 2. The number of hydrogen-bond donors (Lipinski definition) is 0. The quantitative estimate of drug-likeness (QED) is 0.641. The van der Waals surface area contributed by atoms with Crippen molar-refractivity contribution in [3.63, 3.8) is 0 Å². The van der Waals surface area contributed by atoms with Gasteiger partial charge in [-0.1, -0.05) is 0 Å². The topological polar surface area (TPSA) is 29.5 Å². The molecule has 0 spiro atoms. The van der Waals surface area contributed by atoms with Gasteiger partial charge in [0, 0.05) is 0 Å². The molecule has 0 aromatic heterocycles. The molecule has 92 valence electrons. The summed E-state index contributed by atoms with van der Waals surface area (Å²) in [7, 11) is 0. The third kappa shape index (κ3) is 2.57. The monoisotopic (exact) mass is 225 g/mol. The van der Waals surface area contributed by atoms with E-state index in [1.807, 2.05) is 20.8 Å². The van der Waals surface area contributed by atoms with Gasteiger partial charge in [-0.2, -0.15) is 0 Å². The number of carbonyl (C=O) groups excluding carboxylic acids is 1. The predicted molar refractivity (Wildman–Crippen MR) is 63.2 cm³/mol. The number of fused-ring (bicyclic) bond motifs is 2. The maximum Gasteiger partial charge on any atom is 0.324 e. The molecular formula is C13H23NO2. The number of carbonyl (C=O) groups is 1. The molecule has 0 saturated carbocycles. The van der Waals surface area contributed by atoms with Gasteiger partial charge in [-0.15, -0.1) is 0 Å². The lowest BCUT2D eigenvalue weighted by molar-refractivity contribution is -0.167. The standard InChI is InChI=1S/C13H23NO2/c1-13(2,3)16-12(15)11-10-6-4-8-14(11)9-5-7-10/h10-11H,4-9H2,1-3H3. The van der Waals surface area contributed by atoms with Crippen molar-refractivity contribution in [2.24, 2.45) is 5.92 Å². The SMILES string of the molecule is CC(C)(C)OC(=O)C1C2CCCN1CCC2. The molecule has 0 radical (unpaired) electrons. The van der Waals surface area contributed by atoms with Crippen LogP contribution in [0.25, 0.3) is 0 Å². The zero-order valence-corrected chi connectivity index (χ0v) is 10.7. The highest BCUT2D eigenvalue weighted by molar-refractivity contribution is 5.77. The second-order valence-electron chi connectivity index (χ2n) is 6.06. The van der Waals surface area contributed by atoms with E-state index in [4.69, 9.17) is 4.74 Å². The number of nitrogens with zero attached hydrogens (tertiary/aromatic N) is 1. The lowest BCUT2D eigenvalue weighted by Crippen LogP contribution is -2.54. The summed E-state index contributed by atoms with van der Waals surface area (Å²) in [4.78, 5) is 14.5. The highest BCUT2D eigenvalue weighted by Crippen LogP contribution is 2.33. The molecule has 1 unspecified atom stereocenters. The fraction of sp³-hybridized carbons (Fsp3) is 0.923. The van der Waals surface area contributed by atoms with E-state index >= 15 is 0 Å². The molecule has 1 atom stereocenters. The number of esters is 1. The van der Waals surface area contributed by atoms with Crippen LogP contribution in [0.2, 0.25) is 0 Å². The number of ether oxygens (including phenoxy) is 1. The van der Waals surface area contributed by atoms with E-state index in [0.717, 1.165) is 13.1 Å². The van der Waals surface area contributed by atoms with E-state index < -0.39 is 0 Å². The minimum absolute atomic E-state index is 0.00287. The normalized spacial score (nSPS) is 34.6. The molecule has 2 aliphatic rings. The molecule has 2 rings (SSSR count). The van der Waals surface area contributed by atoms with Gasteiger partial charge in [0.05, 0.1) is 0 Å². The van der Waals surface area contributed by atoms with Gasteiger partial charge in [-0.3, -0.25) is 9.69 Å². The molecular weight excluding hydrogens is 202 g/mol. The lowest BCUT2D eigenvalue weighted by atomic mass is 9.82. The van der Waals surface area contributed by atoms with Crippen molar-refractivity contribution in [2.75, 3.05) is 13.1 Å². The van der Waals surface area contributed by atoms with Gasteiger partial charge in [-0.05, 0) is 65.5 Å². The Morgan fingerprint density at radius 3 is 2.19 bits per heavy atom. The first-order valence-electron chi connectivity index (χ1n) is 6.44. The van der Waals surface area contributed by atoms with Crippen molar-refractivity contribution < 1.29 is 9.53 Å². The van der Waals surface area contributed by atoms with Crippen molar-refractivity contribution in [2.45, 2.75) is 58.1 Å². The fourth-order valence-electron chi connectivity index (χ4n) is 2.96. The van der Waals surface area contributed by atoms with Crippen LogP contribution in [0.15, 0.2) is 0 Å². The Labute approximate surface area is 98.1 Å². The molecule has 0 aromatic carbocycles. The van der Waals surface area contributed by atoms with Crippen LogP contribution >= 0.6 is 0 Å². The Kier molecular flexibility index (Phi) is 3.24. The summed E-state index contributed by atoms with van der Waals surface area (Å²) in [6.45, 7) is 7.97. The first-order chi connectivity index (χ1) is 7.47. The van der Waals surface area contributed by atoms with Crippen molar-refractivity contribution in [1.82, 2.24) is 4.90 Å². The van der Waals surface area contributed by atoms with E-state index in [-0.39, 0.29) is 17.6 Å². The second-order valence-corrected chi connectivity index (χ2v) is 6.06. The molecule has 0 aliphatic carbocycles. The Balaban J connectivity index is 2.04. The summed E-state index contributed by atoms with van der Waals surface area (Å²) in [5, 5.41) is 0. The molecule has 3 nitrogen and oxygen atoms in total. The van der Waals surface area contributed by atoms with Crippen molar-refractivity contribution >= 4 is 5.97 Å². The van der Waals surface area contributed by atoms with Gasteiger partial charge in [0.25, 0.3) is 0 Å².